The van der Waals surface area contributed by atoms with E-state index in [1.165, 1.54) is 12.1 Å². The number of carbonyl (C=O) groups excluding carboxylic acids is 1. The van der Waals surface area contributed by atoms with Crippen molar-refractivity contribution in [2.24, 2.45) is 0 Å². The summed E-state index contributed by atoms with van der Waals surface area (Å²) in [6, 6.07) is 30.0. The summed E-state index contributed by atoms with van der Waals surface area (Å²) in [6.45, 7) is 9.12. The van der Waals surface area contributed by atoms with E-state index < -0.39 is 8.07 Å². The zero-order valence-corrected chi connectivity index (χ0v) is 25.7. The Labute approximate surface area is 249 Å². The van der Waals surface area contributed by atoms with Gasteiger partial charge in [-0.25, -0.2) is 9.18 Å². The number of fused-ring (bicyclic) bond motifs is 1. The van der Waals surface area contributed by atoms with Crippen LogP contribution in [0.2, 0.25) is 25.7 Å². The summed E-state index contributed by atoms with van der Waals surface area (Å²) < 4.78 is 32.1. The Bertz CT molecular complexity index is 1470. The molecule has 1 fully saturated rings. The zero-order valence-electron chi connectivity index (χ0n) is 24.7. The molecule has 7 heteroatoms. The van der Waals surface area contributed by atoms with E-state index >= 15 is 0 Å². The van der Waals surface area contributed by atoms with Crippen molar-refractivity contribution < 1.29 is 23.4 Å². The van der Waals surface area contributed by atoms with E-state index in [0.717, 1.165) is 39.3 Å². The van der Waals surface area contributed by atoms with Gasteiger partial charge in [0.25, 0.3) is 0 Å². The van der Waals surface area contributed by atoms with Crippen LogP contribution in [0.5, 0.6) is 5.75 Å². The standard InChI is InChI=1S/C35H40FNO4Si/c1-42(2,3)21-20-39-35(38)37-19-18-31(29-14-16-30(36)17-15-29)34(23-37)41-25-27-12-13-28-10-7-11-33(32(28)22-27)40-24-26-8-5-4-6-9-26/h4-17,22,31,34H,18-21,23-25H2,1-3H3. The van der Waals surface area contributed by atoms with Gasteiger partial charge in [-0.1, -0.05) is 86.4 Å². The van der Waals surface area contributed by atoms with Gasteiger partial charge in [0.05, 0.1) is 25.9 Å². The molecule has 1 aliphatic heterocycles. The second-order valence-corrected chi connectivity index (χ2v) is 17.9. The molecular weight excluding hydrogens is 545 g/mol. The van der Waals surface area contributed by atoms with Crippen molar-refractivity contribution in [3.05, 3.63) is 114 Å². The normalized spacial score (nSPS) is 17.3. The number of amides is 1. The Morgan fingerprint density at radius 3 is 2.45 bits per heavy atom. The molecule has 220 valence electrons. The lowest BCUT2D eigenvalue weighted by molar-refractivity contribution is -0.0233. The molecule has 0 radical (unpaired) electrons. The largest absolute Gasteiger partial charge is 0.488 e. The lowest BCUT2D eigenvalue weighted by Crippen LogP contribution is -2.47. The average molecular weight is 586 g/mol. The summed E-state index contributed by atoms with van der Waals surface area (Å²) in [5.41, 5.74) is 3.15. The van der Waals surface area contributed by atoms with Crippen molar-refractivity contribution in [2.45, 2.75) is 57.3 Å². The van der Waals surface area contributed by atoms with Crippen LogP contribution in [0.25, 0.3) is 10.8 Å². The van der Waals surface area contributed by atoms with Crippen LogP contribution in [0, 0.1) is 5.82 Å². The summed E-state index contributed by atoms with van der Waals surface area (Å²) in [4.78, 5) is 14.7. The SMILES string of the molecule is C[Si](C)(C)CCOC(=O)N1CCC(c2ccc(F)cc2)C(OCc2ccc3cccc(OCc4ccccc4)c3c2)C1. The Morgan fingerprint density at radius 1 is 0.905 bits per heavy atom. The monoisotopic (exact) mass is 585 g/mol. The van der Waals surface area contributed by atoms with Gasteiger partial charge in [-0.2, -0.15) is 0 Å². The number of piperidine rings is 1. The van der Waals surface area contributed by atoms with Gasteiger partial charge in [-0.3, -0.25) is 0 Å². The zero-order chi connectivity index (χ0) is 29.5. The van der Waals surface area contributed by atoms with Crippen LogP contribution >= 0.6 is 0 Å². The molecule has 1 amide bonds. The highest BCUT2D eigenvalue weighted by Crippen LogP contribution is 2.33. The quantitative estimate of drug-likeness (QED) is 0.175. The molecule has 42 heavy (non-hydrogen) atoms. The number of ether oxygens (including phenoxy) is 3. The van der Waals surface area contributed by atoms with Crippen molar-refractivity contribution in [3.63, 3.8) is 0 Å². The van der Waals surface area contributed by atoms with Crippen molar-refractivity contribution in [1.82, 2.24) is 4.90 Å². The van der Waals surface area contributed by atoms with Crippen LogP contribution in [0.3, 0.4) is 0 Å². The van der Waals surface area contributed by atoms with E-state index in [2.05, 4.69) is 56.0 Å². The molecule has 0 aliphatic carbocycles. The summed E-state index contributed by atoms with van der Waals surface area (Å²) >= 11 is 0. The molecule has 1 aliphatic rings. The molecule has 0 N–H and O–H groups in total. The number of hydrogen-bond donors (Lipinski definition) is 0. The average Bonchev–Trinajstić information content (AvgIpc) is 2.99. The molecule has 0 saturated carbocycles. The lowest BCUT2D eigenvalue weighted by Gasteiger charge is -2.38. The number of carbonyl (C=O) groups is 1. The molecule has 4 aromatic rings. The summed E-state index contributed by atoms with van der Waals surface area (Å²) in [5, 5.41) is 2.12. The molecule has 1 heterocycles. The fraction of sp³-hybridized carbons (Fsp3) is 0.343. The van der Waals surface area contributed by atoms with E-state index in [1.807, 2.05) is 42.5 Å². The number of benzene rings is 4. The van der Waals surface area contributed by atoms with Gasteiger partial charge < -0.3 is 19.1 Å². The molecule has 2 unspecified atom stereocenters. The third-order valence-corrected chi connectivity index (χ3v) is 9.51. The minimum atomic E-state index is -1.30. The van der Waals surface area contributed by atoms with Gasteiger partial charge in [0, 0.05) is 25.9 Å². The number of halogens is 1. The molecule has 1 saturated heterocycles. The maximum atomic E-state index is 13.7. The molecule has 2 atom stereocenters. The second-order valence-electron chi connectivity index (χ2n) is 12.3. The minimum Gasteiger partial charge on any atom is -0.488 e. The van der Waals surface area contributed by atoms with Gasteiger partial charge in [0.2, 0.25) is 0 Å². The Morgan fingerprint density at radius 2 is 1.69 bits per heavy atom. The summed E-state index contributed by atoms with van der Waals surface area (Å²) in [7, 11) is -1.30. The van der Waals surface area contributed by atoms with Crippen LogP contribution in [-0.4, -0.2) is 44.9 Å². The molecule has 0 aromatic heterocycles. The van der Waals surface area contributed by atoms with Crippen LogP contribution in [0.1, 0.15) is 29.0 Å². The van der Waals surface area contributed by atoms with Crippen molar-refractivity contribution in [1.29, 1.82) is 0 Å². The van der Waals surface area contributed by atoms with Gasteiger partial charge in [0.15, 0.2) is 0 Å². The maximum absolute atomic E-state index is 13.7. The van der Waals surface area contributed by atoms with Gasteiger partial charge in [-0.15, -0.1) is 0 Å². The Balaban J connectivity index is 1.30. The maximum Gasteiger partial charge on any atom is 0.409 e. The highest BCUT2D eigenvalue weighted by atomic mass is 28.3. The smallest absolute Gasteiger partial charge is 0.409 e. The molecule has 0 spiro atoms. The number of likely N-dealkylation sites (tertiary alicyclic amines) is 1. The Hall–Kier alpha value is -3.68. The molecule has 5 rings (SSSR count). The first kappa shape index (κ1) is 29.8. The minimum absolute atomic E-state index is 0.0434. The molecule has 4 aromatic carbocycles. The highest BCUT2D eigenvalue weighted by Gasteiger charge is 2.34. The third kappa shape index (κ3) is 7.99. The van der Waals surface area contributed by atoms with Crippen LogP contribution in [0.4, 0.5) is 9.18 Å². The topological polar surface area (TPSA) is 48.0 Å². The predicted octanol–water partition coefficient (Wildman–Crippen LogP) is 8.41. The van der Waals surface area contributed by atoms with Crippen LogP contribution < -0.4 is 4.74 Å². The fourth-order valence-corrected chi connectivity index (χ4v) is 6.04. The van der Waals surface area contributed by atoms with Gasteiger partial charge in [0.1, 0.15) is 18.2 Å². The molecule has 5 nitrogen and oxygen atoms in total. The molecule has 0 bridgehead atoms. The Kier molecular flexibility index (Phi) is 9.60. The summed E-state index contributed by atoms with van der Waals surface area (Å²) in [5.74, 6) is 0.607. The van der Waals surface area contributed by atoms with Gasteiger partial charge in [-0.05, 0) is 58.8 Å². The first-order valence-electron chi connectivity index (χ1n) is 14.7. The number of nitrogens with zero attached hydrogens (tertiary/aromatic N) is 1. The van der Waals surface area contributed by atoms with E-state index in [9.17, 15) is 9.18 Å². The molecular formula is C35H40FNO4Si. The lowest BCUT2D eigenvalue weighted by atomic mass is 9.87. The number of rotatable bonds is 10. The van der Waals surface area contributed by atoms with E-state index in [4.69, 9.17) is 14.2 Å². The summed E-state index contributed by atoms with van der Waals surface area (Å²) in [6.07, 6.45) is 0.175. The van der Waals surface area contributed by atoms with E-state index in [-0.39, 0.29) is 23.9 Å². The first-order chi connectivity index (χ1) is 20.2. The van der Waals surface area contributed by atoms with Crippen molar-refractivity contribution in [3.8, 4) is 5.75 Å². The first-order valence-corrected chi connectivity index (χ1v) is 18.4. The van der Waals surface area contributed by atoms with Crippen molar-refractivity contribution >= 4 is 24.9 Å². The second kappa shape index (κ2) is 13.5. The highest BCUT2D eigenvalue weighted by molar-refractivity contribution is 6.76. The fourth-order valence-electron chi connectivity index (χ4n) is 5.32. The van der Waals surface area contributed by atoms with Crippen molar-refractivity contribution in [2.75, 3.05) is 19.7 Å². The van der Waals surface area contributed by atoms with Gasteiger partial charge >= 0.3 is 6.09 Å². The van der Waals surface area contributed by atoms with Crippen LogP contribution in [-0.2, 0) is 22.7 Å². The van der Waals surface area contributed by atoms with E-state index in [1.54, 1.807) is 4.90 Å². The third-order valence-electron chi connectivity index (χ3n) is 7.80. The predicted molar refractivity (Wildman–Crippen MR) is 168 cm³/mol. The van der Waals surface area contributed by atoms with Crippen LogP contribution in [0.15, 0.2) is 91.0 Å². The number of hydrogen-bond acceptors (Lipinski definition) is 4. The van der Waals surface area contributed by atoms with E-state index in [0.29, 0.717) is 39.3 Å².